The van der Waals surface area contributed by atoms with Gasteiger partial charge in [-0.25, -0.2) is 8.42 Å². The molecule has 0 fully saturated rings. The second kappa shape index (κ2) is 6.85. The van der Waals surface area contributed by atoms with Crippen molar-refractivity contribution in [2.45, 2.75) is 44.6 Å². The van der Waals surface area contributed by atoms with Crippen molar-refractivity contribution in [3.63, 3.8) is 0 Å². The lowest BCUT2D eigenvalue weighted by Crippen LogP contribution is -2.41. The monoisotopic (exact) mass is 299 g/mol. The lowest BCUT2D eigenvalue weighted by Gasteiger charge is -2.16. The summed E-state index contributed by atoms with van der Waals surface area (Å²) in [6.07, 6.45) is 1.07. The van der Waals surface area contributed by atoms with Crippen molar-refractivity contribution < 1.29 is 18.3 Å². The number of rotatable bonds is 7. The molecule has 0 amide bonds. The molecule has 1 aromatic rings. The van der Waals surface area contributed by atoms with Gasteiger partial charge in [-0.05, 0) is 36.5 Å². The third kappa shape index (κ3) is 4.61. The van der Waals surface area contributed by atoms with Crippen LogP contribution in [0, 0.1) is 5.92 Å². The average molecular weight is 299 g/mol. The van der Waals surface area contributed by atoms with Crippen molar-refractivity contribution in [1.29, 1.82) is 0 Å². The van der Waals surface area contributed by atoms with E-state index in [0.29, 0.717) is 0 Å². The number of carbonyl (C=O) groups is 1. The van der Waals surface area contributed by atoms with Gasteiger partial charge in [0.15, 0.2) is 0 Å². The summed E-state index contributed by atoms with van der Waals surface area (Å²) in [4.78, 5) is 11.2. The molecular formula is C14H21NO4S. The Hall–Kier alpha value is -1.40. The molecule has 0 saturated carbocycles. The highest BCUT2D eigenvalue weighted by Gasteiger charge is 2.25. The third-order valence-corrected chi connectivity index (χ3v) is 4.43. The van der Waals surface area contributed by atoms with Crippen LogP contribution in [0.15, 0.2) is 29.2 Å². The van der Waals surface area contributed by atoms with Crippen LogP contribution in [0.25, 0.3) is 0 Å². The number of carboxylic acid groups (broad SMARTS) is 1. The van der Waals surface area contributed by atoms with Gasteiger partial charge in [-0.15, -0.1) is 0 Å². The summed E-state index contributed by atoms with van der Waals surface area (Å²) in [5.74, 6) is -1.08. The van der Waals surface area contributed by atoms with E-state index in [9.17, 15) is 13.2 Å². The molecule has 20 heavy (non-hydrogen) atoms. The first-order valence-electron chi connectivity index (χ1n) is 6.60. The maximum absolute atomic E-state index is 12.2. The van der Waals surface area contributed by atoms with Crippen LogP contribution in [0.2, 0.25) is 0 Å². The Bertz CT molecular complexity index is 549. The van der Waals surface area contributed by atoms with Crippen molar-refractivity contribution in [2.75, 3.05) is 0 Å². The number of aryl methyl sites for hydroxylation is 1. The van der Waals surface area contributed by atoms with Crippen LogP contribution in [-0.2, 0) is 21.2 Å². The second-order valence-electron chi connectivity index (χ2n) is 5.14. The van der Waals surface area contributed by atoms with Gasteiger partial charge in [0.2, 0.25) is 10.0 Å². The number of nitrogens with one attached hydrogen (secondary N) is 1. The van der Waals surface area contributed by atoms with Crippen molar-refractivity contribution in [3.8, 4) is 0 Å². The summed E-state index contributed by atoms with van der Waals surface area (Å²) in [7, 11) is -3.81. The molecule has 0 radical (unpaired) electrons. The summed E-state index contributed by atoms with van der Waals surface area (Å²) in [6.45, 7) is 5.67. The summed E-state index contributed by atoms with van der Waals surface area (Å²) < 4.78 is 26.6. The quantitative estimate of drug-likeness (QED) is 0.807. The first-order chi connectivity index (χ1) is 9.26. The number of sulfonamides is 1. The summed E-state index contributed by atoms with van der Waals surface area (Å²) in [5, 5.41) is 9.09. The molecule has 0 aliphatic rings. The SMILES string of the molecule is CCc1ccc(S(=O)(=O)N[C@H](CC(C)C)C(=O)O)cc1. The molecule has 0 spiro atoms. The largest absolute Gasteiger partial charge is 0.480 e. The predicted molar refractivity (Wildman–Crippen MR) is 77.0 cm³/mol. The Morgan fingerprint density at radius 2 is 1.80 bits per heavy atom. The Labute approximate surface area is 120 Å². The molecule has 0 aliphatic carbocycles. The minimum absolute atomic E-state index is 0.0845. The average Bonchev–Trinajstić information content (AvgIpc) is 2.37. The number of hydrogen-bond acceptors (Lipinski definition) is 3. The predicted octanol–water partition coefficient (Wildman–Crippen LogP) is 2.03. The maximum atomic E-state index is 12.2. The standard InChI is InChI=1S/C14H21NO4S/c1-4-11-5-7-12(8-6-11)20(18,19)15-13(14(16)17)9-10(2)3/h5-8,10,13,15H,4,9H2,1-3H3,(H,16,17)/t13-/m1/s1. The molecule has 0 aliphatic heterocycles. The fraction of sp³-hybridized carbons (Fsp3) is 0.500. The zero-order chi connectivity index (χ0) is 15.3. The van der Waals surface area contributed by atoms with Gasteiger partial charge in [0.25, 0.3) is 0 Å². The molecule has 1 atom stereocenters. The Balaban J connectivity index is 2.93. The van der Waals surface area contributed by atoms with Crippen LogP contribution in [0.1, 0.15) is 32.8 Å². The molecule has 2 N–H and O–H groups in total. The van der Waals surface area contributed by atoms with Crippen LogP contribution in [-0.4, -0.2) is 25.5 Å². The minimum Gasteiger partial charge on any atom is -0.480 e. The van der Waals surface area contributed by atoms with Crippen LogP contribution in [0.5, 0.6) is 0 Å². The molecule has 0 saturated heterocycles. The lowest BCUT2D eigenvalue weighted by molar-refractivity contribution is -0.139. The molecule has 0 bridgehead atoms. The van der Waals surface area contributed by atoms with Crippen molar-refractivity contribution in [2.24, 2.45) is 5.92 Å². The highest BCUT2D eigenvalue weighted by Crippen LogP contribution is 2.13. The van der Waals surface area contributed by atoms with Crippen molar-refractivity contribution in [1.82, 2.24) is 4.72 Å². The molecule has 0 unspecified atom stereocenters. The topological polar surface area (TPSA) is 83.5 Å². The van der Waals surface area contributed by atoms with E-state index in [1.807, 2.05) is 20.8 Å². The number of hydrogen-bond donors (Lipinski definition) is 2. The normalized spacial score (nSPS) is 13.4. The minimum atomic E-state index is -3.81. The zero-order valence-corrected chi connectivity index (χ0v) is 12.8. The van der Waals surface area contributed by atoms with E-state index < -0.39 is 22.0 Å². The van der Waals surface area contributed by atoms with Gasteiger partial charge >= 0.3 is 5.97 Å². The van der Waals surface area contributed by atoms with E-state index in [4.69, 9.17) is 5.11 Å². The second-order valence-corrected chi connectivity index (χ2v) is 6.85. The van der Waals surface area contributed by atoms with Crippen molar-refractivity contribution in [3.05, 3.63) is 29.8 Å². The molecule has 0 heterocycles. The summed E-state index contributed by atoms with van der Waals surface area (Å²) >= 11 is 0. The van der Waals surface area contributed by atoms with Crippen LogP contribution in [0.4, 0.5) is 0 Å². The molecular weight excluding hydrogens is 278 g/mol. The van der Waals surface area contributed by atoms with E-state index in [0.717, 1.165) is 12.0 Å². The van der Waals surface area contributed by atoms with Gasteiger partial charge in [0, 0.05) is 0 Å². The van der Waals surface area contributed by atoms with Gasteiger partial charge in [0.1, 0.15) is 6.04 Å². The van der Waals surface area contributed by atoms with E-state index in [2.05, 4.69) is 4.72 Å². The third-order valence-electron chi connectivity index (χ3n) is 2.94. The fourth-order valence-electron chi connectivity index (χ4n) is 1.83. The van der Waals surface area contributed by atoms with E-state index in [1.54, 1.807) is 12.1 Å². The Kier molecular flexibility index (Phi) is 5.71. The van der Waals surface area contributed by atoms with Crippen LogP contribution < -0.4 is 4.72 Å². The van der Waals surface area contributed by atoms with Crippen LogP contribution in [0.3, 0.4) is 0 Å². The van der Waals surface area contributed by atoms with E-state index in [1.165, 1.54) is 12.1 Å². The Morgan fingerprint density at radius 1 is 1.25 bits per heavy atom. The highest BCUT2D eigenvalue weighted by atomic mass is 32.2. The fourth-order valence-corrected chi connectivity index (χ4v) is 3.03. The van der Waals surface area contributed by atoms with Gasteiger partial charge in [-0.1, -0.05) is 32.9 Å². The Morgan fingerprint density at radius 3 is 2.20 bits per heavy atom. The van der Waals surface area contributed by atoms with E-state index in [-0.39, 0.29) is 17.2 Å². The lowest BCUT2D eigenvalue weighted by atomic mass is 10.1. The highest BCUT2D eigenvalue weighted by molar-refractivity contribution is 7.89. The smallest absolute Gasteiger partial charge is 0.321 e. The molecule has 5 nitrogen and oxygen atoms in total. The number of benzene rings is 1. The first kappa shape index (κ1) is 16.7. The van der Waals surface area contributed by atoms with Gasteiger partial charge in [-0.2, -0.15) is 4.72 Å². The van der Waals surface area contributed by atoms with Gasteiger partial charge in [0.05, 0.1) is 4.90 Å². The van der Waals surface area contributed by atoms with Crippen LogP contribution >= 0.6 is 0 Å². The number of aliphatic carboxylic acids is 1. The molecule has 1 rings (SSSR count). The molecule has 112 valence electrons. The summed E-state index contributed by atoms with van der Waals surface area (Å²) in [5.41, 5.74) is 1.03. The summed E-state index contributed by atoms with van der Waals surface area (Å²) in [6, 6.07) is 5.34. The van der Waals surface area contributed by atoms with Gasteiger partial charge in [-0.3, -0.25) is 4.79 Å². The van der Waals surface area contributed by atoms with E-state index >= 15 is 0 Å². The first-order valence-corrected chi connectivity index (χ1v) is 8.08. The van der Waals surface area contributed by atoms with Crippen molar-refractivity contribution >= 4 is 16.0 Å². The maximum Gasteiger partial charge on any atom is 0.321 e. The molecule has 0 aromatic heterocycles. The zero-order valence-electron chi connectivity index (χ0n) is 12.0. The number of carboxylic acids is 1. The van der Waals surface area contributed by atoms with Gasteiger partial charge < -0.3 is 5.11 Å². The molecule has 1 aromatic carbocycles. The molecule has 6 heteroatoms.